The molecule has 1 N–H and O–H groups in total. The average molecular weight is 249 g/mol. The summed E-state index contributed by atoms with van der Waals surface area (Å²) in [6.07, 6.45) is 2.53. The zero-order valence-corrected chi connectivity index (χ0v) is 12.4. The summed E-state index contributed by atoms with van der Waals surface area (Å²) >= 11 is 0. The Labute approximate surface area is 112 Å². The average Bonchev–Trinajstić information content (AvgIpc) is 2.29. The van der Waals surface area contributed by atoms with Crippen molar-refractivity contribution in [3.63, 3.8) is 0 Å². The first-order valence-electron chi connectivity index (χ1n) is 6.96. The summed E-state index contributed by atoms with van der Waals surface area (Å²) in [5.41, 5.74) is 2.61. The quantitative estimate of drug-likeness (QED) is 0.741. The van der Waals surface area contributed by atoms with Crippen molar-refractivity contribution in [2.45, 2.75) is 59.6 Å². The lowest BCUT2D eigenvalue weighted by Crippen LogP contribution is -2.25. The monoisotopic (exact) mass is 249 g/mol. The highest BCUT2D eigenvalue weighted by Crippen LogP contribution is 2.18. The highest BCUT2D eigenvalue weighted by Gasteiger charge is 2.05. The molecule has 0 aliphatic heterocycles. The first kappa shape index (κ1) is 15.0. The SMILES string of the molecule is Cc1ccc(OC(C)CCCNC(C)C)cc1C. The summed E-state index contributed by atoms with van der Waals surface area (Å²) < 4.78 is 5.93. The maximum atomic E-state index is 5.93. The predicted octanol–water partition coefficient (Wildman–Crippen LogP) is 3.85. The Hall–Kier alpha value is -1.02. The molecular formula is C16H27NO. The van der Waals surface area contributed by atoms with Crippen molar-refractivity contribution in [3.05, 3.63) is 29.3 Å². The van der Waals surface area contributed by atoms with Crippen LogP contribution in [0.2, 0.25) is 0 Å². The molecule has 0 aliphatic carbocycles. The fourth-order valence-corrected chi connectivity index (χ4v) is 1.86. The zero-order chi connectivity index (χ0) is 13.5. The van der Waals surface area contributed by atoms with Crippen LogP contribution in [0.3, 0.4) is 0 Å². The van der Waals surface area contributed by atoms with Crippen molar-refractivity contribution in [2.24, 2.45) is 0 Å². The van der Waals surface area contributed by atoms with Gasteiger partial charge in [0.05, 0.1) is 6.10 Å². The van der Waals surface area contributed by atoms with E-state index in [1.165, 1.54) is 11.1 Å². The van der Waals surface area contributed by atoms with Crippen molar-refractivity contribution in [1.29, 1.82) is 0 Å². The van der Waals surface area contributed by atoms with Gasteiger partial charge < -0.3 is 10.1 Å². The molecule has 1 rings (SSSR count). The van der Waals surface area contributed by atoms with E-state index in [1.807, 2.05) is 0 Å². The van der Waals surface area contributed by atoms with Crippen molar-refractivity contribution < 1.29 is 4.74 Å². The Morgan fingerprint density at radius 1 is 1.11 bits per heavy atom. The summed E-state index contributed by atoms with van der Waals surface area (Å²) in [6.45, 7) is 11.8. The van der Waals surface area contributed by atoms with Crippen LogP contribution in [0, 0.1) is 13.8 Å². The van der Waals surface area contributed by atoms with E-state index < -0.39 is 0 Å². The second-order valence-corrected chi connectivity index (χ2v) is 5.43. The molecule has 1 aromatic rings. The van der Waals surface area contributed by atoms with Crippen LogP contribution in [0.15, 0.2) is 18.2 Å². The highest BCUT2D eigenvalue weighted by molar-refractivity contribution is 5.33. The van der Waals surface area contributed by atoms with E-state index in [0.29, 0.717) is 6.04 Å². The molecule has 1 unspecified atom stereocenters. The van der Waals surface area contributed by atoms with E-state index in [-0.39, 0.29) is 6.10 Å². The lowest BCUT2D eigenvalue weighted by Gasteiger charge is -2.16. The second kappa shape index (κ2) is 7.42. The smallest absolute Gasteiger partial charge is 0.119 e. The van der Waals surface area contributed by atoms with Crippen LogP contribution in [0.25, 0.3) is 0 Å². The molecule has 102 valence electrons. The van der Waals surface area contributed by atoms with Gasteiger partial charge in [0.15, 0.2) is 0 Å². The molecule has 2 nitrogen and oxygen atoms in total. The summed E-state index contributed by atoms with van der Waals surface area (Å²) in [6, 6.07) is 6.88. The second-order valence-electron chi connectivity index (χ2n) is 5.43. The van der Waals surface area contributed by atoms with Gasteiger partial charge in [-0.1, -0.05) is 19.9 Å². The molecule has 2 heteroatoms. The minimum atomic E-state index is 0.279. The first-order valence-corrected chi connectivity index (χ1v) is 6.96. The molecule has 0 radical (unpaired) electrons. The van der Waals surface area contributed by atoms with Crippen molar-refractivity contribution in [2.75, 3.05) is 6.54 Å². The number of benzene rings is 1. The van der Waals surface area contributed by atoms with Gasteiger partial charge in [-0.15, -0.1) is 0 Å². The lowest BCUT2D eigenvalue weighted by molar-refractivity contribution is 0.207. The third-order valence-electron chi connectivity index (χ3n) is 3.16. The van der Waals surface area contributed by atoms with E-state index in [9.17, 15) is 0 Å². The Balaban J connectivity index is 2.31. The normalized spacial score (nSPS) is 12.8. The van der Waals surface area contributed by atoms with Crippen molar-refractivity contribution in [3.8, 4) is 5.75 Å². The van der Waals surface area contributed by atoms with Gasteiger partial charge in [0.25, 0.3) is 0 Å². The standard InChI is InChI=1S/C16H27NO/c1-12(2)17-10-6-7-15(5)18-16-9-8-13(3)14(4)11-16/h8-9,11-12,15,17H,6-7,10H2,1-5H3. The van der Waals surface area contributed by atoms with E-state index in [4.69, 9.17) is 4.74 Å². The van der Waals surface area contributed by atoms with Crippen LogP contribution in [0.4, 0.5) is 0 Å². The van der Waals surface area contributed by atoms with Gasteiger partial charge in [-0.25, -0.2) is 0 Å². The number of nitrogens with one attached hydrogen (secondary N) is 1. The van der Waals surface area contributed by atoms with Gasteiger partial charge in [-0.05, 0) is 63.4 Å². The molecule has 0 amide bonds. The van der Waals surface area contributed by atoms with Crippen LogP contribution in [0.1, 0.15) is 44.7 Å². The molecular weight excluding hydrogens is 222 g/mol. The molecule has 0 saturated heterocycles. The third-order valence-corrected chi connectivity index (χ3v) is 3.16. The number of hydrogen-bond acceptors (Lipinski definition) is 2. The largest absolute Gasteiger partial charge is 0.491 e. The molecule has 0 saturated carbocycles. The predicted molar refractivity (Wildman–Crippen MR) is 78.4 cm³/mol. The Morgan fingerprint density at radius 3 is 2.44 bits per heavy atom. The van der Waals surface area contributed by atoms with E-state index in [1.54, 1.807) is 0 Å². The summed E-state index contributed by atoms with van der Waals surface area (Å²) in [7, 11) is 0. The van der Waals surface area contributed by atoms with Crippen molar-refractivity contribution in [1.82, 2.24) is 5.32 Å². The molecule has 0 bridgehead atoms. The van der Waals surface area contributed by atoms with Gasteiger partial charge in [-0.2, -0.15) is 0 Å². The molecule has 0 spiro atoms. The summed E-state index contributed by atoms with van der Waals surface area (Å²) in [4.78, 5) is 0. The fourth-order valence-electron chi connectivity index (χ4n) is 1.86. The topological polar surface area (TPSA) is 21.3 Å². The van der Waals surface area contributed by atoms with Gasteiger partial charge in [-0.3, -0.25) is 0 Å². The van der Waals surface area contributed by atoms with Crippen LogP contribution in [-0.4, -0.2) is 18.7 Å². The maximum absolute atomic E-state index is 5.93. The first-order chi connectivity index (χ1) is 8.49. The minimum Gasteiger partial charge on any atom is -0.491 e. The van der Waals surface area contributed by atoms with Crippen molar-refractivity contribution >= 4 is 0 Å². The van der Waals surface area contributed by atoms with Gasteiger partial charge in [0.1, 0.15) is 5.75 Å². The number of rotatable bonds is 7. The van der Waals surface area contributed by atoms with Gasteiger partial charge in [0, 0.05) is 6.04 Å². The minimum absolute atomic E-state index is 0.279. The molecule has 1 aromatic carbocycles. The Bertz CT molecular complexity index is 360. The fraction of sp³-hybridized carbons (Fsp3) is 0.625. The van der Waals surface area contributed by atoms with Crippen LogP contribution >= 0.6 is 0 Å². The number of ether oxygens (including phenoxy) is 1. The van der Waals surface area contributed by atoms with E-state index >= 15 is 0 Å². The maximum Gasteiger partial charge on any atom is 0.119 e. The number of hydrogen-bond donors (Lipinski definition) is 1. The van der Waals surface area contributed by atoms with Crippen LogP contribution in [-0.2, 0) is 0 Å². The summed E-state index contributed by atoms with van der Waals surface area (Å²) in [5.74, 6) is 0.988. The Kier molecular flexibility index (Phi) is 6.20. The van der Waals surface area contributed by atoms with Crippen LogP contribution in [0.5, 0.6) is 5.75 Å². The Morgan fingerprint density at radius 2 is 1.83 bits per heavy atom. The molecule has 0 fully saturated rings. The van der Waals surface area contributed by atoms with Gasteiger partial charge in [0.2, 0.25) is 0 Å². The van der Waals surface area contributed by atoms with E-state index in [0.717, 1.165) is 25.1 Å². The lowest BCUT2D eigenvalue weighted by atomic mass is 10.1. The number of aryl methyl sites for hydroxylation is 2. The third kappa shape index (κ3) is 5.54. The molecule has 0 aromatic heterocycles. The van der Waals surface area contributed by atoms with Crippen LogP contribution < -0.4 is 10.1 Å². The zero-order valence-electron chi connectivity index (χ0n) is 12.4. The molecule has 0 aliphatic rings. The highest BCUT2D eigenvalue weighted by atomic mass is 16.5. The molecule has 18 heavy (non-hydrogen) atoms. The molecule has 1 atom stereocenters. The summed E-state index contributed by atoms with van der Waals surface area (Å²) in [5, 5.41) is 3.43. The van der Waals surface area contributed by atoms with Gasteiger partial charge >= 0.3 is 0 Å². The van der Waals surface area contributed by atoms with E-state index in [2.05, 4.69) is 58.1 Å². The molecule has 0 heterocycles.